The zero-order valence-corrected chi connectivity index (χ0v) is 21.8. The molecule has 0 bridgehead atoms. The first-order valence-corrected chi connectivity index (χ1v) is 13.4. The van der Waals surface area contributed by atoms with Crippen LogP contribution in [0.5, 0.6) is 0 Å². The lowest BCUT2D eigenvalue weighted by molar-refractivity contribution is -0.298. The Morgan fingerprint density at radius 1 is 0.854 bits per heavy atom. The number of carbonyl (C=O) groups excluding carboxylic acids is 2. The number of nitrogens with one attached hydrogen (secondary N) is 1. The first-order chi connectivity index (χ1) is 19.6. The van der Waals surface area contributed by atoms with E-state index in [-0.39, 0.29) is 22.5 Å². The Labute approximate surface area is 233 Å². The minimum Gasteiger partial charge on any atom is -0.744 e. The number of nitrogens with two attached hydrogens (primary N) is 1. The Kier molecular flexibility index (Phi) is 7.25. The number of nitrogens with zero attached hydrogens (tertiary/aromatic N) is 3. The Morgan fingerprint density at radius 2 is 1.49 bits per heavy atom. The standard InChI is InChI=1S/C29H21N5O6S/c30-28-23-4-2-1-3-22(23)27(41(38,39)40)16-25(28)34-32-20-11-7-18(8-12-20)17-5-9-19(10-6-17)31-33-21-13-14-26(35)24(15-21)29(36)37/h1-16,31H,30H2,(H,36,37)(H,38,39,40)/p-2. The highest BCUT2D eigenvalue weighted by molar-refractivity contribution is 7.86. The molecule has 4 aromatic rings. The zero-order chi connectivity index (χ0) is 29.1. The molecule has 0 saturated heterocycles. The van der Waals surface area contributed by atoms with Gasteiger partial charge in [-0.3, -0.25) is 10.2 Å². The molecule has 0 unspecified atom stereocenters. The quantitative estimate of drug-likeness (QED) is 0.0839. The molecule has 0 saturated carbocycles. The van der Waals surface area contributed by atoms with Crippen molar-refractivity contribution in [1.29, 1.82) is 0 Å². The minimum absolute atomic E-state index is 0.0653. The normalized spacial score (nSPS) is 14.5. The molecule has 204 valence electrons. The van der Waals surface area contributed by atoms with Gasteiger partial charge in [-0.05, 0) is 59.7 Å². The van der Waals surface area contributed by atoms with Gasteiger partial charge < -0.3 is 20.2 Å². The van der Waals surface area contributed by atoms with Crippen molar-refractivity contribution < 1.29 is 27.7 Å². The number of ketones is 1. The number of carboxylic acid groups (broad SMARTS) is 1. The number of allylic oxidation sites excluding steroid dienone is 3. The SMILES string of the molecule is Nc1c(N=Nc2ccc(-c3ccc(NN=C4C=CC(=O)C(C(=O)[O-])=C4)cc3)cc2)cc(S(=O)(=O)[O-])c2ccccc12. The number of carbonyl (C=O) groups is 2. The van der Waals surface area contributed by atoms with Crippen molar-refractivity contribution in [3.8, 4) is 11.1 Å². The molecule has 4 aromatic carbocycles. The van der Waals surface area contributed by atoms with E-state index in [4.69, 9.17) is 5.73 Å². The summed E-state index contributed by atoms with van der Waals surface area (Å²) >= 11 is 0. The largest absolute Gasteiger partial charge is 0.744 e. The van der Waals surface area contributed by atoms with Gasteiger partial charge in [-0.25, -0.2) is 8.42 Å². The number of aliphatic carboxylic acids is 1. The third-order valence-electron chi connectivity index (χ3n) is 6.15. The van der Waals surface area contributed by atoms with Crippen molar-refractivity contribution in [2.75, 3.05) is 11.2 Å². The molecule has 0 amide bonds. The molecule has 0 aromatic heterocycles. The van der Waals surface area contributed by atoms with Crippen LogP contribution in [-0.2, 0) is 19.7 Å². The average molecular weight is 566 g/mol. The highest BCUT2D eigenvalue weighted by Crippen LogP contribution is 2.37. The van der Waals surface area contributed by atoms with Gasteiger partial charge in [-0.2, -0.15) is 10.2 Å². The van der Waals surface area contributed by atoms with Gasteiger partial charge in [-0.1, -0.05) is 48.5 Å². The van der Waals surface area contributed by atoms with Crippen LogP contribution in [0.4, 0.5) is 22.7 Å². The van der Waals surface area contributed by atoms with Crippen LogP contribution in [0.3, 0.4) is 0 Å². The lowest BCUT2D eigenvalue weighted by atomic mass is 10.0. The summed E-state index contributed by atoms with van der Waals surface area (Å²) in [7, 11) is -4.77. The number of rotatable bonds is 7. The minimum atomic E-state index is -4.77. The second-order valence-corrected chi connectivity index (χ2v) is 10.2. The predicted molar refractivity (Wildman–Crippen MR) is 151 cm³/mol. The van der Waals surface area contributed by atoms with Gasteiger partial charge in [0, 0.05) is 16.3 Å². The number of fused-ring (bicyclic) bond motifs is 1. The van der Waals surface area contributed by atoms with Gasteiger partial charge in [0.1, 0.15) is 15.8 Å². The summed E-state index contributed by atoms with van der Waals surface area (Å²) < 4.78 is 35.4. The highest BCUT2D eigenvalue weighted by atomic mass is 32.2. The Bertz CT molecular complexity index is 1930. The molecule has 0 heterocycles. The topological polar surface area (TPSA) is 190 Å². The fourth-order valence-corrected chi connectivity index (χ4v) is 4.79. The molecule has 5 rings (SSSR count). The van der Waals surface area contributed by atoms with E-state index in [1.807, 2.05) is 24.3 Å². The number of hydrazone groups is 1. The smallest absolute Gasteiger partial charge is 0.187 e. The molecule has 0 radical (unpaired) electrons. The first-order valence-electron chi connectivity index (χ1n) is 12.0. The maximum atomic E-state index is 11.8. The van der Waals surface area contributed by atoms with Gasteiger partial charge in [-0.15, -0.1) is 5.11 Å². The number of anilines is 2. The molecule has 0 atom stereocenters. The number of benzene rings is 4. The van der Waals surface area contributed by atoms with Crippen molar-refractivity contribution in [3.63, 3.8) is 0 Å². The summed E-state index contributed by atoms with van der Waals surface area (Å²) in [6, 6.07) is 21.9. The van der Waals surface area contributed by atoms with Crippen LogP contribution < -0.4 is 16.3 Å². The number of hydrogen-bond acceptors (Lipinski definition) is 11. The van der Waals surface area contributed by atoms with Crippen molar-refractivity contribution in [2.24, 2.45) is 15.3 Å². The summed E-state index contributed by atoms with van der Waals surface area (Å²) in [6.45, 7) is 0. The fraction of sp³-hybridized carbons (Fsp3) is 0. The van der Waals surface area contributed by atoms with Crippen LogP contribution in [0.25, 0.3) is 21.9 Å². The summed E-state index contributed by atoms with van der Waals surface area (Å²) in [6.07, 6.45) is 3.65. The first kappa shape index (κ1) is 27.1. The Morgan fingerprint density at radius 3 is 2.12 bits per heavy atom. The van der Waals surface area contributed by atoms with Gasteiger partial charge >= 0.3 is 0 Å². The van der Waals surface area contributed by atoms with E-state index in [0.717, 1.165) is 29.3 Å². The maximum Gasteiger partial charge on any atom is 0.187 e. The van der Waals surface area contributed by atoms with Crippen LogP contribution in [0.1, 0.15) is 0 Å². The van der Waals surface area contributed by atoms with Crippen LogP contribution >= 0.6 is 0 Å². The molecule has 12 heteroatoms. The number of nitrogen functional groups attached to an aromatic ring is 1. The van der Waals surface area contributed by atoms with Crippen LogP contribution in [0.2, 0.25) is 0 Å². The molecule has 0 aliphatic heterocycles. The molecule has 11 nitrogen and oxygen atoms in total. The number of carboxylic acids is 1. The van der Waals surface area contributed by atoms with Gasteiger partial charge in [0.2, 0.25) is 0 Å². The van der Waals surface area contributed by atoms with Crippen molar-refractivity contribution in [3.05, 3.63) is 103 Å². The van der Waals surface area contributed by atoms with E-state index in [2.05, 4.69) is 20.8 Å². The zero-order valence-electron chi connectivity index (χ0n) is 21.0. The van der Waals surface area contributed by atoms with Gasteiger partial charge in [0.25, 0.3) is 0 Å². The molecular formula is C29H19N5O6S-2. The van der Waals surface area contributed by atoms with E-state index >= 15 is 0 Å². The van der Waals surface area contributed by atoms with Crippen LogP contribution in [0, 0.1) is 0 Å². The number of azo groups is 1. The van der Waals surface area contributed by atoms with E-state index < -0.39 is 32.3 Å². The average Bonchev–Trinajstić information content (AvgIpc) is 2.96. The molecule has 0 spiro atoms. The molecule has 0 fully saturated rings. The third-order valence-corrected chi connectivity index (χ3v) is 7.03. The van der Waals surface area contributed by atoms with Crippen LogP contribution in [0.15, 0.2) is 123 Å². The second kappa shape index (κ2) is 11.0. The molecule has 41 heavy (non-hydrogen) atoms. The van der Waals surface area contributed by atoms with E-state index in [0.29, 0.717) is 16.8 Å². The molecule has 1 aliphatic rings. The molecular weight excluding hydrogens is 546 g/mol. The fourth-order valence-electron chi connectivity index (χ4n) is 4.09. The van der Waals surface area contributed by atoms with E-state index in [1.54, 1.807) is 42.5 Å². The number of hydrogen-bond donors (Lipinski definition) is 2. The summed E-state index contributed by atoms with van der Waals surface area (Å²) in [4.78, 5) is 22.2. The predicted octanol–water partition coefficient (Wildman–Crippen LogP) is 3.99. The summed E-state index contributed by atoms with van der Waals surface area (Å²) in [5, 5.41) is 24.0. The van der Waals surface area contributed by atoms with Crippen molar-refractivity contribution in [2.45, 2.75) is 4.90 Å². The second-order valence-electron chi connectivity index (χ2n) is 8.82. The summed E-state index contributed by atoms with van der Waals surface area (Å²) in [5.74, 6) is -2.21. The van der Waals surface area contributed by atoms with Crippen molar-refractivity contribution >= 4 is 61.1 Å². The molecule has 1 aliphatic carbocycles. The molecule has 3 N–H and O–H groups in total. The highest BCUT2D eigenvalue weighted by Gasteiger charge is 2.14. The Balaban J connectivity index is 1.31. The van der Waals surface area contributed by atoms with E-state index in [1.165, 1.54) is 12.1 Å². The monoisotopic (exact) mass is 565 g/mol. The van der Waals surface area contributed by atoms with Crippen molar-refractivity contribution in [1.82, 2.24) is 0 Å². The Hall–Kier alpha value is -5.46. The lowest BCUT2D eigenvalue weighted by Crippen LogP contribution is -2.29. The maximum absolute atomic E-state index is 11.8. The lowest BCUT2D eigenvalue weighted by Gasteiger charge is -2.13. The third kappa shape index (κ3) is 5.93. The van der Waals surface area contributed by atoms with Gasteiger partial charge in [0.15, 0.2) is 5.78 Å². The van der Waals surface area contributed by atoms with E-state index in [9.17, 15) is 27.7 Å². The van der Waals surface area contributed by atoms with Gasteiger partial charge in [0.05, 0.1) is 33.6 Å². The van der Waals surface area contributed by atoms with Crippen LogP contribution in [-0.4, -0.2) is 30.4 Å². The summed E-state index contributed by atoms with van der Waals surface area (Å²) in [5.41, 5.74) is 11.9.